The van der Waals surface area contributed by atoms with Gasteiger partial charge in [0.2, 0.25) is 10.0 Å². The Bertz CT molecular complexity index is 619. The molecule has 0 saturated heterocycles. The van der Waals surface area contributed by atoms with E-state index < -0.39 is 10.0 Å². The molecule has 6 heteroatoms. The van der Waals surface area contributed by atoms with Crippen LogP contribution in [0, 0.1) is 17.2 Å². The summed E-state index contributed by atoms with van der Waals surface area (Å²) in [4.78, 5) is 0.0102. The second kappa shape index (κ2) is 7.79. The van der Waals surface area contributed by atoms with Crippen molar-refractivity contribution in [2.24, 2.45) is 5.92 Å². The molecule has 0 spiro atoms. The lowest BCUT2D eigenvalue weighted by atomic mass is 10.0. The largest absolute Gasteiger partial charge is 0.244 e. The lowest BCUT2D eigenvalue weighted by Gasteiger charge is -2.25. The number of hydrogen-bond donors (Lipinski definition) is 0. The molecule has 21 heavy (non-hydrogen) atoms. The minimum absolute atomic E-state index is 0.0102. The van der Waals surface area contributed by atoms with Gasteiger partial charge in [0.25, 0.3) is 0 Å². The van der Waals surface area contributed by atoms with Gasteiger partial charge in [-0.2, -0.15) is 9.57 Å². The molecule has 0 aromatic heterocycles. The highest BCUT2D eigenvalue weighted by atomic mass is 35.5. The summed E-state index contributed by atoms with van der Waals surface area (Å²) < 4.78 is 26.9. The van der Waals surface area contributed by atoms with Gasteiger partial charge < -0.3 is 0 Å². The molecule has 0 aliphatic rings. The summed E-state index contributed by atoms with van der Waals surface area (Å²) in [5.74, 6) is 0.317. The number of benzene rings is 1. The molecule has 0 fully saturated rings. The maximum absolute atomic E-state index is 12.8. The fourth-order valence-corrected chi connectivity index (χ4v) is 4.17. The summed E-state index contributed by atoms with van der Waals surface area (Å²) in [7, 11) is -3.68. The molecule has 1 aromatic rings. The predicted molar refractivity (Wildman–Crippen MR) is 84.7 cm³/mol. The summed E-state index contributed by atoms with van der Waals surface area (Å²) in [6.07, 6.45) is 1.85. The molecular formula is C15H21ClN2O2S. The van der Waals surface area contributed by atoms with E-state index in [4.69, 9.17) is 16.9 Å². The number of nitriles is 1. The highest BCUT2D eigenvalue weighted by molar-refractivity contribution is 7.89. The Kier molecular flexibility index (Phi) is 6.66. The lowest BCUT2D eigenvalue weighted by molar-refractivity contribution is 0.339. The molecule has 116 valence electrons. The van der Waals surface area contributed by atoms with Crippen molar-refractivity contribution in [1.82, 2.24) is 4.31 Å². The van der Waals surface area contributed by atoms with Crippen molar-refractivity contribution in [3.8, 4) is 6.07 Å². The van der Waals surface area contributed by atoms with E-state index in [1.165, 1.54) is 22.5 Å². The van der Waals surface area contributed by atoms with Crippen LogP contribution in [0.25, 0.3) is 0 Å². The Morgan fingerprint density at radius 3 is 2.38 bits per heavy atom. The fraction of sp³-hybridized carbons (Fsp3) is 0.533. The predicted octanol–water partition coefficient (Wildman–Crippen LogP) is 3.66. The van der Waals surface area contributed by atoms with Crippen LogP contribution in [0.2, 0.25) is 5.02 Å². The maximum Gasteiger partial charge on any atom is 0.244 e. The number of sulfonamides is 1. The minimum atomic E-state index is -3.68. The molecule has 0 amide bonds. The zero-order valence-electron chi connectivity index (χ0n) is 12.6. The van der Waals surface area contributed by atoms with Crippen molar-refractivity contribution in [1.29, 1.82) is 5.26 Å². The summed E-state index contributed by atoms with van der Waals surface area (Å²) in [5, 5.41) is 9.08. The van der Waals surface area contributed by atoms with Gasteiger partial charge in [-0.1, -0.05) is 45.2 Å². The maximum atomic E-state index is 12.8. The normalized spacial score (nSPS) is 11.9. The Morgan fingerprint density at radius 2 is 1.90 bits per heavy atom. The summed E-state index contributed by atoms with van der Waals surface area (Å²) in [5.41, 5.74) is 0.288. The summed E-state index contributed by atoms with van der Waals surface area (Å²) >= 11 is 6.03. The van der Waals surface area contributed by atoms with Crippen LogP contribution >= 0.6 is 11.6 Å². The number of rotatable bonds is 7. The molecule has 0 aliphatic heterocycles. The highest BCUT2D eigenvalue weighted by Gasteiger charge is 2.27. The van der Waals surface area contributed by atoms with Crippen LogP contribution < -0.4 is 0 Å². The molecule has 0 bridgehead atoms. The lowest BCUT2D eigenvalue weighted by Crippen LogP contribution is -2.35. The van der Waals surface area contributed by atoms with Crippen LogP contribution in [-0.2, 0) is 10.0 Å². The molecule has 0 saturated carbocycles. The van der Waals surface area contributed by atoms with Crippen molar-refractivity contribution in [2.45, 2.75) is 38.5 Å². The van der Waals surface area contributed by atoms with Gasteiger partial charge in [0, 0.05) is 13.1 Å². The Morgan fingerprint density at radius 1 is 1.29 bits per heavy atom. The molecule has 0 atom stereocenters. The smallest absolute Gasteiger partial charge is 0.207 e. The van der Waals surface area contributed by atoms with Gasteiger partial charge in [-0.15, -0.1) is 0 Å². The quantitative estimate of drug-likeness (QED) is 0.767. The summed E-state index contributed by atoms with van der Waals surface area (Å²) in [6, 6.07) is 6.25. The molecule has 1 rings (SSSR count). The minimum Gasteiger partial charge on any atom is -0.207 e. The number of nitrogens with zero attached hydrogens (tertiary/aromatic N) is 2. The van der Waals surface area contributed by atoms with Crippen molar-refractivity contribution < 1.29 is 8.42 Å². The van der Waals surface area contributed by atoms with E-state index in [0.29, 0.717) is 19.0 Å². The molecule has 0 radical (unpaired) electrons. The second-order valence-electron chi connectivity index (χ2n) is 4.90. The van der Waals surface area contributed by atoms with Gasteiger partial charge >= 0.3 is 0 Å². The third kappa shape index (κ3) is 4.19. The zero-order valence-corrected chi connectivity index (χ0v) is 14.2. The van der Waals surface area contributed by atoms with E-state index in [9.17, 15) is 8.42 Å². The van der Waals surface area contributed by atoms with Crippen molar-refractivity contribution >= 4 is 21.6 Å². The Hall–Kier alpha value is -1.09. The highest BCUT2D eigenvalue weighted by Crippen LogP contribution is 2.27. The van der Waals surface area contributed by atoms with Gasteiger partial charge in [-0.3, -0.25) is 0 Å². The van der Waals surface area contributed by atoms with Crippen molar-refractivity contribution in [3.63, 3.8) is 0 Å². The molecule has 0 unspecified atom stereocenters. The standard InChI is InChI=1S/C15H21ClN2O2S/c1-4-12(5-2)11-18(6-3)21(19,20)15-9-13(10-17)7-8-14(15)16/h7-9,12H,4-6,11H2,1-3H3. The second-order valence-corrected chi connectivity index (χ2v) is 7.21. The molecular weight excluding hydrogens is 308 g/mol. The first kappa shape index (κ1) is 18.0. The van der Waals surface area contributed by atoms with E-state index in [1.807, 2.05) is 13.0 Å². The van der Waals surface area contributed by atoms with E-state index >= 15 is 0 Å². The monoisotopic (exact) mass is 328 g/mol. The average molecular weight is 329 g/mol. The van der Waals surface area contributed by atoms with E-state index in [2.05, 4.69) is 13.8 Å². The van der Waals surface area contributed by atoms with Gasteiger partial charge in [-0.25, -0.2) is 8.42 Å². The van der Waals surface area contributed by atoms with Crippen molar-refractivity contribution in [3.05, 3.63) is 28.8 Å². The molecule has 4 nitrogen and oxygen atoms in total. The van der Waals surface area contributed by atoms with Gasteiger partial charge in [0.15, 0.2) is 0 Å². The molecule has 0 heterocycles. The van der Waals surface area contributed by atoms with Crippen LogP contribution in [-0.4, -0.2) is 25.8 Å². The first-order chi connectivity index (χ1) is 9.90. The van der Waals surface area contributed by atoms with E-state index in [1.54, 1.807) is 0 Å². The third-order valence-electron chi connectivity index (χ3n) is 3.65. The Labute approximate surface area is 132 Å². The van der Waals surface area contributed by atoms with Gasteiger partial charge in [0.05, 0.1) is 16.7 Å². The first-order valence-electron chi connectivity index (χ1n) is 7.10. The van der Waals surface area contributed by atoms with Crippen molar-refractivity contribution in [2.75, 3.05) is 13.1 Å². The number of hydrogen-bond acceptors (Lipinski definition) is 3. The number of halogens is 1. The van der Waals surface area contributed by atoms with E-state index in [-0.39, 0.29) is 15.5 Å². The zero-order chi connectivity index (χ0) is 16.0. The third-order valence-corrected chi connectivity index (χ3v) is 6.07. The summed E-state index contributed by atoms with van der Waals surface area (Å²) in [6.45, 7) is 6.77. The van der Waals surface area contributed by atoms with Crippen LogP contribution in [0.4, 0.5) is 0 Å². The Balaban J connectivity index is 3.22. The van der Waals surface area contributed by atoms with Crippen LogP contribution in [0.1, 0.15) is 39.2 Å². The van der Waals surface area contributed by atoms with Gasteiger partial charge in [0.1, 0.15) is 4.90 Å². The van der Waals surface area contributed by atoms with Crippen LogP contribution in [0.3, 0.4) is 0 Å². The molecule has 0 N–H and O–H groups in total. The molecule has 0 aliphatic carbocycles. The van der Waals surface area contributed by atoms with Crippen LogP contribution in [0.5, 0.6) is 0 Å². The topological polar surface area (TPSA) is 61.2 Å². The SMILES string of the molecule is CCC(CC)CN(CC)S(=O)(=O)c1cc(C#N)ccc1Cl. The first-order valence-corrected chi connectivity index (χ1v) is 8.92. The van der Waals surface area contributed by atoms with Gasteiger partial charge in [-0.05, 0) is 24.1 Å². The molecule has 1 aromatic carbocycles. The fourth-order valence-electron chi connectivity index (χ4n) is 2.14. The van der Waals surface area contributed by atoms with E-state index in [0.717, 1.165) is 12.8 Å². The van der Waals surface area contributed by atoms with Crippen LogP contribution in [0.15, 0.2) is 23.1 Å². The average Bonchev–Trinajstić information content (AvgIpc) is 2.48.